The topological polar surface area (TPSA) is 83.5 Å². The Bertz CT molecular complexity index is 687. The fourth-order valence-corrected chi connectivity index (χ4v) is 3.67. The third-order valence-corrected chi connectivity index (χ3v) is 5.24. The lowest BCUT2D eigenvalue weighted by molar-refractivity contribution is -0.220. The Labute approximate surface area is 165 Å². The van der Waals surface area contributed by atoms with E-state index in [1.807, 2.05) is 13.0 Å². The second kappa shape index (κ2) is 7.72. The summed E-state index contributed by atoms with van der Waals surface area (Å²) in [5.41, 5.74) is -1.11. The van der Waals surface area contributed by atoms with Gasteiger partial charge in [0.25, 0.3) is 0 Å². The molecule has 2 saturated heterocycles. The average molecular weight is 394 g/mol. The zero-order chi connectivity index (χ0) is 20.6. The standard InChI is InChI=1S/C21H30O7/c1-6-21(23,16-13-25-20(4,5)28-16)17(15-12-24-19(2,3)27-15)26-18(22)14-10-8-7-9-11-14/h7-11,15-17,23H,6,12-13H2,1-5H3/t15-,16-,17-,21-/m1/s1. The highest BCUT2D eigenvalue weighted by molar-refractivity contribution is 5.89. The number of carbonyl (C=O) groups is 1. The summed E-state index contributed by atoms with van der Waals surface area (Å²) in [4.78, 5) is 12.8. The minimum Gasteiger partial charge on any atom is -0.453 e. The van der Waals surface area contributed by atoms with Gasteiger partial charge in [-0.3, -0.25) is 0 Å². The monoisotopic (exact) mass is 394 g/mol. The van der Waals surface area contributed by atoms with Crippen LogP contribution in [-0.4, -0.2) is 59.8 Å². The Morgan fingerprint density at radius 1 is 1.14 bits per heavy atom. The van der Waals surface area contributed by atoms with Crippen molar-refractivity contribution in [3.63, 3.8) is 0 Å². The van der Waals surface area contributed by atoms with E-state index in [0.29, 0.717) is 5.56 Å². The summed E-state index contributed by atoms with van der Waals surface area (Å²) in [6, 6.07) is 8.66. The van der Waals surface area contributed by atoms with Crippen LogP contribution in [-0.2, 0) is 23.7 Å². The number of benzene rings is 1. The zero-order valence-electron chi connectivity index (χ0n) is 17.1. The van der Waals surface area contributed by atoms with E-state index in [2.05, 4.69) is 0 Å². The molecule has 0 unspecified atom stereocenters. The van der Waals surface area contributed by atoms with Crippen molar-refractivity contribution < 1.29 is 33.6 Å². The first-order valence-electron chi connectivity index (χ1n) is 9.68. The van der Waals surface area contributed by atoms with E-state index in [9.17, 15) is 9.90 Å². The molecule has 1 N–H and O–H groups in total. The van der Waals surface area contributed by atoms with Gasteiger partial charge in [0.05, 0.1) is 18.8 Å². The molecule has 156 valence electrons. The molecule has 4 atom stereocenters. The largest absolute Gasteiger partial charge is 0.453 e. The van der Waals surface area contributed by atoms with E-state index in [-0.39, 0.29) is 19.6 Å². The molecule has 2 aliphatic rings. The first kappa shape index (κ1) is 21.2. The lowest BCUT2D eigenvalue weighted by Gasteiger charge is -2.40. The number of rotatable bonds is 6. The number of esters is 1. The predicted octanol–water partition coefficient (Wildman–Crippen LogP) is 2.66. The maximum Gasteiger partial charge on any atom is 0.338 e. The van der Waals surface area contributed by atoms with Crippen molar-refractivity contribution in [3.8, 4) is 0 Å². The first-order chi connectivity index (χ1) is 13.1. The molecule has 2 aliphatic heterocycles. The third-order valence-electron chi connectivity index (χ3n) is 5.24. The molecule has 0 spiro atoms. The zero-order valence-corrected chi connectivity index (χ0v) is 17.1. The SMILES string of the molecule is CC[C@](O)([C@H](OC(=O)c1ccccc1)[C@H]1COC(C)(C)O1)[C@H]1COC(C)(C)O1. The van der Waals surface area contributed by atoms with Gasteiger partial charge >= 0.3 is 5.97 Å². The quantitative estimate of drug-likeness (QED) is 0.743. The molecule has 1 aromatic carbocycles. The van der Waals surface area contributed by atoms with E-state index < -0.39 is 41.5 Å². The van der Waals surface area contributed by atoms with Crippen LogP contribution in [0.3, 0.4) is 0 Å². The molecule has 28 heavy (non-hydrogen) atoms. The minimum atomic E-state index is -1.51. The van der Waals surface area contributed by atoms with Crippen LogP contribution in [0.15, 0.2) is 30.3 Å². The normalized spacial score (nSPS) is 29.2. The van der Waals surface area contributed by atoms with Crippen molar-refractivity contribution in [1.29, 1.82) is 0 Å². The van der Waals surface area contributed by atoms with E-state index in [4.69, 9.17) is 23.7 Å². The Balaban J connectivity index is 1.89. The van der Waals surface area contributed by atoms with Gasteiger partial charge in [0.2, 0.25) is 0 Å². The molecule has 0 radical (unpaired) electrons. The second-order valence-electron chi connectivity index (χ2n) is 8.22. The number of carbonyl (C=O) groups excluding carboxylic acids is 1. The lowest BCUT2D eigenvalue weighted by atomic mass is 9.84. The van der Waals surface area contributed by atoms with Gasteiger partial charge in [0, 0.05) is 0 Å². The van der Waals surface area contributed by atoms with E-state index in [1.165, 1.54) is 0 Å². The highest BCUT2D eigenvalue weighted by Crippen LogP contribution is 2.38. The maximum atomic E-state index is 12.8. The fraction of sp³-hybridized carbons (Fsp3) is 0.667. The van der Waals surface area contributed by atoms with Crippen LogP contribution in [0, 0.1) is 0 Å². The molecule has 7 heteroatoms. The molecule has 1 aromatic rings. The summed E-state index contributed by atoms with van der Waals surface area (Å²) in [5.74, 6) is -2.19. The van der Waals surface area contributed by atoms with Crippen molar-refractivity contribution in [2.45, 2.75) is 76.5 Å². The molecule has 0 amide bonds. The molecule has 0 bridgehead atoms. The molecular weight excluding hydrogens is 364 g/mol. The summed E-state index contributed by atoms with van der Waals surface area (Å²) in [6.07, 6.45) is -2.02. The lowest BCUT2D eigenvalue weighted by Crippen LogP contribution is -2.60. The van der Waals surface area contributed by atoms with Crippen LogP contribution in [0.5, 0.6) is 0 Å². The van der Waals surface area contributed by atoms with Gasteiger partial charge in [-0.2, -0.15) is 0 Å². The first-order valence-corrected chi connectivity index (χ1v) is 9.68. The van der Waals surface area contributed by atoms with Crippen LogP contribution in [0.4, 0.5) is 0 Å². The third kappa shape index (κ3) is 4.39. The number of hydrogen-bond acceptors (Lipinski definition) is 7. The second-order valence-corrected chi connectivity index (χ2v) is 8.22. The molecule has 3 rings (SSSR count). The van der Waals surface area contributed by atoms with Crippen LogP contribution < -0.4 is 0 Å². The van der Waals surface area contributed by atoms with Crippen LogP contribution in [0.1, 0.15) is 51.4 Å². The van der Waals surface area contributed by atoms with Crippen molar-refractivity contribution in [2.24, 2.45) is 0 Å². The molecule has 0 aromatic heterocycles. The predicted molar refractivity (Wildman–Crippen MR) is 101 cm³/mol. The minimum absolute atomic E-state index is 0.188. The van der Waals surface area contributed by atoms with Gasteiger partial charge in [-0.15, -0.1) is 0 Å². The van der Waals surface area contributed by atoms with Crippen LogP contribution in [0.2, 0.25) is 0 Å². The van der Waals surface area contributed by atoms with Crippen molar-refractivity contribution in [1.82, 2.24) is 0 Å². The number of ether oxygens (including phenoxy) is 5. The highest BCUT2D eigenvalue weighted by Gasteiger charge is 2.56. The van der Waals surface area contributed by atoms with Gasteiger partial charge in [-0.05, 0) is 46.2 Å². The Morgan fingerprint density at radius 2 is 1.75 bits per heavy atom. The Morgan fingerprint density at radius 3 is 2.25 bits per heavy atom. The van der Waals surface area contributed by atoms with Gasteiger partial charge in [0.1, 0.15) is 17.8 Å². The Hall–Kier alpha value is -1.51. The molecular formula is C21H30O7. The Kier molecular flexibility index (Phi) is 5.85. The van der Waals surface area contributed by atoms with E-state index in [1.54, 1.807) is 52.0 Å². The van der Waals surface area contributed by atoms with Gasteiger partial charge < -0.3 is 28.8 Å². The highest BCUT2D eigenvalue weighted by atomic mass is 16.8. The summed E-state index contributed by atoms with van der Waals surface area (Å²) in [6.45, 7) is 9.34. The van der Waals surface area contributed by atoms with Gasteiger partial charge in [0.15, 0.2) is 17.7 Å². The molecule has 7 nitrogen and oxygen atoms in total. The van der Waals surface area contributed by atoms with E-state index in [0.717, 1.165) is 0 Å². The van der Waals surface area contributed by atoms with Gasteiger partial charge in [-0.1, -0.05) is 25.1 Å². The van der Waals surface area contributed by atoms with Crippen molar-refractivity contribution in [2.75, 3.05) is 13.2 Å². The van der Waals surface area contributed by atoms with Crippen LogP contribution >= 0.6 is 0 Å². The molecule has 2 fully saturated rings. The maximum absolute atomic E-state index is 12.8. The van der Waals surface area contributed by atoms with Crippen LogP contribution in [0.25, 0.3) is 0 Å². The fourth-order valence-electron chi connectivity index (χ4n) is 3.67. The van der Waals surface area contributed by atoms with Gasteiger partial charge in [-0.25, -0.2) is 4.79 Å². The number of aliphatic hydroxyl groups is 1. The number of hydrogen-bond donors (Lipinski definition) is 1. The summed E-state index contributed by atoms with van der Waals surface area (Å²) in [7, 11) is 0. The summed E-state index contributed by atoms with van der Waals surface area (Å²) >= 11 is 0. The summed E-state index contributed by atoms with van der Waals surface area (Å²) in [5, 5.41) is 11.6. The smallest absolute Gasteiger partial charge is 0.338 e. The molecule has 2 heterocycles. The molecule has 0 saturated carbocycles. The molecule has 0 aliphatic carbocycles. The average Bonchev–Trinajstić information content (AvgIpc) is 3.21. The van der Waals surface area contributed by atoms with Crippen molar-refractivity contribution >= 4 is 5.97 Å². The summed E-state index contributed by atoms with van der Waals surface area (Å²) < 4.78 is 29.0. The van der Waals surface area contributed by atoms with E-state index >= 15 is 0 Å². The van der Waals surface area contributed by atoms with Crippen molar-refractivity contribution in [3.05, 3.63) is 35.9 Å².